The molecule has 8 heteroatoms. The zero-order valence-electron chi connectivity index (χ0n) is 6.73. The lowest BCUT2D eigenvalue weighted by Gasteiger charge is -2.15. The van der Waals surface area contributed by atoms with Gasteiger partial charge in [-0.15, -0.1) is 0 Å². The molecule has 1 unspecified atom stereocenters. The number of phosphoric ester groups is 1. The average molecular weight is 219 g/mol. The van der Waals surface area contributed by atoms with Crippen molar-refractivity contribution in [2.24, 2.45) is 0 Å². The minimum atomic E-state index is -4.98. The average Bonchev–Trinajstić information content (AvgIpc) is 2.01. The Kier molecular flexibility index (Phi) is 2.85. The van der Waals surface area contributed by atoms with E-state index in [1.165, 1.54) is 12.1 Å². The molecule has 0 saturated carbocycles. The summed E-state index contributed by atoms with van der Waals surface area (Å²) < 4.78 is 14.4. The van der Waals surface area contributed by atoms with Gasteiger partial charge in [-0.2, -0.15) is 0 Å². The second-order valence-corrected chi connectivity index (χ2v) is 3.42. The van der Waals surface area contributed by atoms with Gasteiger partial charge in [0.25, 0.3) is 4.92 Å². The summed E-state index contributed by atoms with van der Waals surface area (Å²) in [5, 5.41) is 8.53. The van der Waals surface area contributed by atoms with Crippen LogP contribution in [0.15, 0.2) is 24.3 Å². The molecule has 0 heterocycles. The summed E-state index contributed by atoms with van der Waals surface area (Å²) in [5.74, 6) is -0.453. The number of nitrogens with zero attached hydrogens (tertiary/aromatic N) is 1. The maximum Gasteiger partial charge on any atom is 0.358 e. The van der Waals surface area contributed by atoms with Crippen molar-refractivity contribution < 1.29 is 29.0 Å². The first-order chi connectivity index (χ1) is 6.40. The van der Waals surface area contributed by atoms with E-state index in [1.54, 1.807) is 0 Å². The Morgan fingerprint density at radius 2 is 2.00 bits per heavy atom. The molecule has 14 heavy (non-hydrogen) atoms. The van der Waals surface area contributed by atoms with Gasteiger partial charge in [0.15, 0.2) is 0 Å². The fourth-order valence-corrected chi connectivity index (χ4v) is 1.22. The van der Waals surface area contributed by atoms with Crippen molar-refractivity contribution in [3.05, 3.63) is 29.2 Å². The minimum Gasteiger partial charge on any atom is -0.746 e. The standard InChI is InChI=1S/C6H6NO6P/c8-7(9)5-3-1-2-4-6(5)13-14(10,11)12/h1-4H,(H2-,8,9,10,11,12). The first-order valence-corrected chi connectivity index (χ1v) is 4.88. The van der Waals surface area contributed by atoms with Crippen molar-refractivity contribution >= 4 is 13.5 Å². The Bertz CT molecular complexity index is 399. The van der Waals surface area contributed by atoms with Gasteiger partial charge in [0.1, 0.15) is 0 Å². The van der Waals surface area contributed by atoms with E-state index in [4.69, 9.17) is 10.1 Å². The molecule has 0 spiro atoms. The van der Waals surface area contributed by atoms with Crippen molar-refractivity contribution in [1.29, 1.82) is 0 Å². The highest BCUT2D eigenvalue weighted by molar-refractivity contribution is 7.45. The van der Waals surface area contributed by atoms with E-state index in [1.807, 2.05) is 0 Å². The van der Waals surface area contributed by atoms with Crippen LogP contribution in [0.1, 0.15) is 0 Å². The van der Waals surface area contributed by atoms with Crippen molar-refractivity contribution in [3.8, 4) is 5.75 Å². The highest BCUT2D eigenvalue weighted by Crippen LogP contribution is 2.37. The summed E-state index contributed by atoms with van der Waals surface area (Å²) in [6, 6.07) is 4.99. The largest absolute Gasteiger partial charge is 0.746 e. The zero-order chi connectivity index (χ0) is 10.8. The van der Waals surface area contributed by atoms with Crippen LogP contribution in [0.3, 0.4) is 0 Å². The summed E-state index contributed by atoms with van der Waals surface area (Å²) in [6.45, 7) is 0. The summed E-state index contributed by atoms with van der Waals surface area (Å²) in [6.07, 6.45) is 0. The van der Waals surface area contributed by atoms with E-state index in [0.29, 0.717) is 0 Å². The van der Waals surface area contributed by atoms with E-state index < -0.39 is 24.2 Å². The number of hydrogen-bond donors (Lipinski definition) is 2. The summed E-state index contributed by atoms with van der Waals surface area (Å²) in [5.41, 5.74) is -0.419. The lowest BCUT2D eigenvalue weighted by molar-refractivity contribution is -0.729. The molecule has 0 aliphatic heterocycles. The number of benzene rings is 1. The third kappa shape index (κ3) is 2.81. The summed E-state index contributed by atoms with van der Waals surface area (Å²) in [4.78, 5) is 28.6. The minimum absolute atomic E-state index is 0.419. The molecule has 7 nitrogen and oxygen atoms in total. The predicted octanol–water partition coefficient (Wildman–Crippen LogP) is 0.326. The van der Waals surface area contributed by atoms with Crippen LogP contribution in [-0.2, 0) is 4.57 Å². The molecule has 2 N–H and O–H groups in total. The molecular weight excluding hydrogens is 213 g/mol. The van der Waals surface area contributed by atoms with Gasteiger partial charge in [0.2, 0.25) is 5.75 Å². The number of hydrogen-bond acceptors (Lipinski definition) is 4. The van der Waals surface area contributed by atoms with Gasteiger partial charge >= 0.3 is 13.5 Å². The van der Waals surface area contributed by atoms with Gasteiger partial charge in [0, 0.05) is 6.07 Å². The molecule has 0 radical (unpaired) electrons. The van der Waals surface area contributed by atoms with E-state index in [0.717, 1.165) is 12.1 Å². The lowest BCUT2D eigenvalue weighted by atomic mass is 10.3. The fraction of sp³-hybridized carbons (Fsp3) is 0. The predicted molar refractivity (Wildman–Crippen MR) is 42.0 cm³/mol. The van der Waals surface area contributed by atoms with E-state index >= 15 is 0 Å². The van der Waals surface area contributed by atoms with Crippen LogP contribution in [-0.4, -0.2) is 15.0 Å². The molecule has 0 bridgehead atoms. The van der Waals surface area contributed by atoms with Crippen LogP contribution < -0.4 is 9.42 Å². The zero-order valence-corrected chi connectivity index (χ0v) is 7.63. The Morgan fingerprint density at radius 1 is 1.43 bits per heavy atom. The van der Waals surface area contributed by atoms with Gasteiger partial charge in [0.05, 0.1) is 4.91 Å². The monoisotopic (exact) mass is 219 g/mol. The second kappa shape index (κ2) is 3.75. The molecule has 0 aromatic heterocycles. The van der Waals surface area contributed by atoms with Crippen LogP contribution in [0.25, 0.3) is 0 Å². The van der Waals surface area contributed by atoms with Gasteiger partial charge in [-0.25, -0.2) is 5.21 Å². The van der Waals surface area contributed by atoms with Crippen molar-refractivity contribution in [2.75, 3.05) is 0 Å². The fourth-order valence-electron chi connectivity index (χ4n) is 0.817. The van der Waals surface area contributed by atoms with Gasteiger partial charge in [-0.05, 0) is 6.07 Å². The molecule has 1 atom stereocenters. The smallest absolute Gasteiger partial charge is 0.358 e. The Balaban J connectivity index is 3.08. The van der Waals surface area contributed by atoms with Crippen LogP contribution in [0, 0.1) is 4.91 Å². The van der Waals surface area contributed by atoms with Crippen molar-refractivity contribution in [1.82, 2.24) is 0 Å². The topological polar surface area (TPSA) is 110 Å². The summed E-state index contributed by atoms with van der Waals surface area (Å²) >= 11 is 0. The molecule has 0 aliphatic carbocycles. The second-order valence-electron chi connectivity index (χ2n) is 2.30. The maximum absolute atomic E-state index is 10.5. The normalized spacial score (nSPS) is 14.4. The number of rotatable bonds is 3. The first kappa shape index (κ1) is 10.6. The Hall–Kier alpha value is -1.43. The van der Waals surface area contributed by atoms with Crippen molar-refractivity contribution in [3.63, 3.8) is 0 Å². The third-order valence-corrected chi connectivity index (χ3v) is 1.71. The quantitative estimate of drug-likeness (QED) is 0.559. The number of phosphoric acid groups is 1. The Morgan fingerprint density at radius 3 is 2.50 bits per heavy atom. The molecule has 1 aromatic rings. The van der Waals surface area contributed by atoms with Crippen molar-refractivity contribution in [2.45, 2.75) is 0 Å². The van der Waals surface area contributed by atoms with Crippen LogP contribution in [0.2, 0.25) is 0 Å². The molecule has 1 rings (SSSR count). The van der Waals surface area contributed by atoms with Gasteiger partial charge < -0.3 is 14.3 Å². The van der Waals surface area contributed by atoms with Crippen LogP contribution >= 0.6 is 7.82 Å². The van der Waals surface area contributed by atoms with E-state index in [2.05, 4.69) is 4.52 Å². The maximum atomic E-state index is 10.5. The highest BCUT2D eigenvalue weighted by atomic mass is 31.2. The van der Waals surface area contributed by atoms with Crippen LogP contribution in [0.4, 0.5) is 5.69 Å². The Labute approximate surface area is 78.3 Å². The summed E-state index contributed by atoms with van der Waals surface area (Å²) in [7, 11) is -4.98. The third-order valence-electron chi connectivity index (χ3n) is 1.29. The first-order valence-electron chi connectivity index (χ1n) is 3.39. The molecule has 0 amide bonds. The SMILES string of the molecule is O=[N+](O)c1ccccc1OP(=O)([O-])O. The number of para-hydroxylation sites is 2. The molecule has 76 valence electrons. The van der Waals surface area contributed by atoms with Crippen LogP contribution in [0.5, 0.6) is 5.75 Å². The molecule has 0 saturated heterocycles. The molecule has 0 fully saturated rings. The van der Waals surface area contributed by atoms with Gasteiger partial charge in [-0.3, -0.25) is 4.57 Å². The van der Waals surface area contributed by atoms with E-state index in [9.17, 15) is 14.4 Å². The van der Waals surface area contributed by atoms with E-state index in [-0.39, 0.29) is 0 Å². The van der Waals surface area contributed by atoms with Gasteiger partial charge in [-0.1, -0.05) is 12.1 Å². The molecular formula is C6H6NO6P. The molecule has 0 aliphatic rings. The highest BCUT2D eigenvalue weighted by Gasteiger charge is 2.21. The molecule has 1 aromatic carbocycles. The lowest BCUT2D eigenvalue weighted by Crippen LogP contribution is -2.07.